The molecule has 0 atom stereocenters. The van der Waals surface area contributed by atoms with Crippen molar-refractivity contribution < 1.29 is 23.1 Å². The van der Waals surface area contributed by atoms with Crippen molar-refractivity contribution in [2.75, 3.05) is 6.54 Å². The van der Waals surface area contributed by atoms with E-state index < -0.39 is 11.9 Å². The number of nitrogens with zero attached hydrogens (tertiary/aromatic N) is 2. The number of rotatable bonds is 5. The molecular weight excluding hydrogens is 347 g/mol. The molecular formula is C15H15ClF3N3O2. The number of phenolic OH excluding ortho intramolecular Hbond substituents is 1. The summed E-state index contributed by atoms with van der Waals surface area (Å²) in [7, 11) is 0. The van der Waals surface area contributed by atoms with Gasteiger partial charge in [0.05, 0.1) is 18.0 Å². The predicted octanol–water partition coefficient (Wildman–Crippen LogP) is 2.93. The third-order valence-electron chi connectivity index (χ3n) is 3.29. The van der Waals surface area contributed by atoms with Crippen molar-refractivity contribution in [1.82, 2.24) is 15.1 Å². The number of benzene rings is 1. The average molecular weight is 362 g/mol. The Bertz CT molecular complexity index is 744. The Morgan fingerprint density at radius 2 is 2.08 bits per heavy atom. The fourth-order valence-electron chi connectivity index (χ4n) is 2.08. The second-order valence-electron chi connectivity index (χ2n) is 5.20. The lowest BCUT2D eigenvalue weighted by Crippen LogP contribution is -2.29. The quantitative estimate of drug-likeness (QED) is 0.860. The first-order valence-electron chi connectivity index (χ1n) is 7.02. The summed E-state index contributed by atoms with van der Waals surface area (Å²) in [6.45, 7) is 1.79. The highest BCUT2D eigenvalue weighted by atomic mass is 35.5. The first kappa shape index (κ1) is 18.1. The Hall–Kier alpha value is -2.22. The van der Waals surface area contributed by atoms with E-state index in [-0.39, 0.29) is 36.2 Å². The van der Waals surface area contributed by atoms with Gasteiger partial charge in [-0.2, -0.15) is 18.3 Å². The second kappa shape index (κ2) is 7.12. The van der Waals surface area contributed by atoms with Gasteiger partial charge in [-0.05, 0) is 30.7 Å². The minimum absolute atomic E-state index is 0.0475. The Morgan fingerprint density at radius 3 is 2.67 bits per heavy atom. The van der Waals surface area contributed by atoms with Gasteiger partial charge in [0.1, 0.15) is 5.75 Å². The van der Waals surface area contributed by atoms with E-state index in [1.807, 2.05) is 0 Å². The van der Waals surface area contributed by atoms with Crippen LogP contribution in [0.5, 0.6) is 5.75 Å². The summed E-state index contributed by atoms with van der Waals surface area (Å²) in [4.78, 5) is 11.8. The van der Waals surface area contributed by atoms with Crippen molar-refractivity contribution in [3.8, 4) is 5.75 Å². The average Bonchev–Trinajstić information content (AvgIpc) is 2.84. The maximum absolute atomic E-state index is 12.6. The van der Waals surface area contributed by atoms with Crippen LogP contribution in [0.25, 0.3) is 0 Å². The zero-order valence-electron chi connectivity index (χ0n) is 12.7. The molecule has 1 aromatic heterocycles. The molecule has 24 heavy (non-hydrogen) atoms. The molecule has 0 radical (unpaired) electrons. The highest BCUT2D eigenvalue weighted by Crippen LogP contribution is 2.28. The molecule has 1 aromatic carbocycles. The summed E-state index contributed by atoms with van der Waals surface area (Å²) in [5.74, 6) is -0.381. The number of halogens is 4. The Balaban J connectivity index is 1.86. The Kier molecular flexibility index (Phi) is 5.38. The summed E-state index contributed by atoms with van der Waals surface area (Å²) in [6, 6.07) is 5.38. The van der Waals surface area contributed by atoms with Gasteiger partial charge in [-0.1, -0.05) is 17.7 Å². The number of hydrogen-bond donors (Lipinski definition) is 2. The third kappa shape index (κ3) is 4.64. The zero-order chi connectivity index (χ0) is 17.9. The molecule has 130 valence electrons. The molecule has 2 rings (SSSR count). The third-order valence-corrected chi connectivity index (χ3v) is 3.60. The number of alkyl halides is 3. The first-order valence-corrected chi connectivity index (χ1v) is 7.40. The number of aryl methyl sites for hydroxylation is 1. The van der Waals surface area contributed by atoms with Crippen LogP contribution in [-0.4, -0.2) is 27.3 Å². The van der Waals surface area contributed by atoms with E-state index in [9.17, 15) is 23.1 Å². The molecule has 1 amide bonds. The molecule has 0 bridgehead atoms. The van der Waals surface area contributed by atoms with Gasteiger partial charge in [0, 0.05) is 12.2 Å². The van der Waals surface area contributed by atoms with Crippen LogP contribution in [0.4, 0.5) is 13.2 Å². The Labute approximate surface area is 141 Å². The first-order chi connectivity index (χ1) is 11.2. The van der Waals surface area contributed by atoms with Crippen molar-refractivity contribution in [2.45, 2.75) is 26.1 Å². The largest absolute Gasteiger partial charge is 0.506 e. The molecule has 0 aliphatic carbocycles. The molecule has 2 N–H and O–H groups in total. The molecule has 0 saturated carbocycles. The van der Waals surface area contributed by atoms with Crippen molar-refractivity contribution in [2.24, 2.45) is 0 Å². The van der Waals surface area contributed by atoms with Gasteiger partial charge < -0.3 is 10.4 Å². The Morgan fingerprint density at radius 1 is 1.38 bits per heavy atom. The van der Waals surface area contributed by atoms with Crippen molar-refractivity contribution in [1.29, 1.82) is 0 Å². The maximum Gasteiger partial charge on any atom is 0.435 e. The van der Waals surface area contributed by atoms with Crippen LogP contribution >= 0.6 is 11.6 Å². The number of phenols is 1. The van der Waals surface area contributed by atoms with E-state index in [4.69, 9.17) is 11.6 Å². The molecule has 0 unspecified atom stereocenters. The summed E-state index contributed by atoms with van der Waals surface area (Å²) < 4.78 is 38.9. The standard InChI is InChI=1S/C15H15ClF3N3O2/c1-9-6-13(15(17,18)19)21-22(9)5-4-20-14(24)8-10-2-3-12(23)11(16)7-10/h2-3,6-7,23H,4-5,8H2,1H3,(H,20,24). The molecule has 1 heterocycles. The number of amides is 1. The normalized spacial score (nSPS) is 11.5. The fourth-order valence-corrected chi connectivity index (χ4v) is 2.29. The van der Waals surface area contributed by atoms with Crippen LogP contribution in [-0.2, 0) is 23.9 Å². The van der Waals surface area contributed by atoms with Gasteiger partial charge in [-0.3, -0.25) is 9.48 Å². The molecule has 0 spiro atoms. The molecule has 0 fully saturated rings. The maximum atomic E-state index is 12.6. The highest BCUT2D eigenvalue weighted by Gasteiger charge is 2.34. The topological polar surface area (TPSA) is 67.2 Å². The lowest BCUT2D eigenvalue weighted by Gasteiger charge is -2.08. The van der Waals surface area contributed by atoms with E-state index in [1.54, 1.807) is 6.07 Å². The molecule has 2 aromatic rings. The van der Waals surface area contributed by atoms with E-state index in [2.05, 4.69) is 10.4 Å². The molecule has 5 nitrogen and oxygen atoms in total. The van der Waals surface area contributed by atoms with Gasteiger partial charge >= 0.3 is 6.18 Å². The predicted molar refractivity (Wildman–Crippen MR) is 81.8 cm³/mol. The van der Waals surface area contributed by atoms with Gasteiger partial charge in [0.2, 0.25) is 5.91 Å². The SMILES string of the molecule is Cc1cc(C(F)(F)F)nn1CCNC(=O)Cc1ccc(O)c(Cl)c1. The number of aromatic nitrogens is 2. The number of hydrogen-bond acceptors (Lipinski definition) is 3. The fraction of sp³-hybridized carbons (Fsp3) is 0.333. The number of aromatic hydroxyl groups is 1. The van der Waals surface area contributed by atoms with Crippen molar-refractivity contribution in [3.63, 3.8) is 0 Å². The van der Waals surface area contributed by atoms with E-state index in [0.717, 1.165) is 6.07 Å². The van der Waals surface area contributed by atoms with Crippen LogP contribution in [0.2, 0.25) is 5.02 Å². The van der Waals surface area contributed by atoms with E-state index >= 15 is 0 Å². The second-order valence-corrected chi connectivity index (χ2v) is 5.61. The van der Waals surface area contributed by atoms with Crippen LogP contribution in [0, 0.1) is 6.92 Å². The minimum atomic E-state index is -4.49. The van der Waals surface area contributed by atoms with E-state index in [0.29, 0.717) is 11.3 Å². The number of carbonyl (C=O) groups excluding carboxylic acids is 1. The smallest absolute Gasteiger partial charge is 0.435 e. The summed E-state index contributed by atoms with van der Waals surface area (Å²) in [5, 5.41) is 15.5. The van der Waals surface area contributed by atoms with Crippen molar-refractivity contribution >= 4 is 17.5 Å². The van der Waals surface area contributed by atoms with Crippen LogP contribution in [0.1, 0.15) is 17.0 Å². The molecule has 9 heteroatoms. The summed E-state index contributed by atoms with van der Waals surface area (Å²) in [5.41, 5.74) is 0.0249. The number of carbonyl (C=O) groups is 1. The van der Waals surface area contributed by atoms with Gasteiger partial charge in [-0.15, -0.1) is 0 Å². The van der Waals surface area contributed by atoms with Crippen LogP contribution in [0.3, 0.4) is 0 Å². The molecule has 0 aliphatic rings. The lowest BCUT2D eigenvalue weighted by molar-refractivity contribution is -0.141. The number of nitrogens with one attached hydrogen (secondary N) is 1. The van der Waals surface area contributed by atoms with Crippen LogP contribution in [0.15, 0.2) is 24.3 Å². The van der Waals surface area contributed by atoms with Gasteiger partial charge in [0.25, 0.3) is 0 Å². The van der Waals surface area contributed by atoms with Crippen LogP contribution < -0.4 is 5.32 Å². The molecule has 0 aliphatic heterocycles. The highest BCUT2D eigenvalue weighted by molar-refractivity contribution is 6.32. The van der Waals surface area contributed by atoms with Gasteiger partial charge in [0.15, 0.2) is 5.69 Å². The van der Waals surface area contributed by atoms with E-state index in [1.165, 1.54) is 23.7 Å². The van der Waals surface area contributed by atoms with Crippen molar-refractivity contribution in [3.05, 3.63) is 46.2 Å². The zero-order valence-corrected chi connectivity index (χ0v) is 13.4. The molecule has 0 saturated heterocycles. The minimum Gasteiger partial charge on any atom is -0.506 e. The summed E-state index contributed by atoms with van der Waals surface area (Å²) in [6.07, 6.45) is -4.44. The summed E-state index contributed by atoms with van der Waals surface area (Å²) >= 11 is 5.75. The monoisotopic (exact) mass is 361 g/mol. The van der Waals surface area contributed by atoms with Gasteiger partial charge in [-0.25, -0.2) is 0 Å². The lowest BCUT2D eigenvalue weighted by atomic mass is 10.1.